The second-order valence-corrected chi connectivity index (χ2v) is 3.33. The molecule has 0 aromatic heterocycles. The Hall–Kier alpha value is -0.610. The summed E-state index contributed by atoms with van der Waals surface area (Å²) in [6.45, 7) is 7.12. The fraction of sp³-hybridized carbons (Fsp3) is 0.900. The first kappa shape index (κ1) is 13.4. The fourth-order valence-corrected chi connectivity index (χ4v) is 1.17. The van der Waals surface area contributed by atoms with Crippen molar-refractivity contribution in [3.05, 3.63) is 0 Å². The van der Waals surface area contributed by atoms with Crippen LogP contribution in [-0.4, -0.2) is 37.3 Å². The van der Waals surface area contributed by atoms with E-state index in [4.69, 9.17) is 9.57 Å². The molecule has 14 heavy (non-hydrogen) atoms. The van der Waals surface area contributed by atoms with Gasteiger partial charge in [-0.25, -0.2) is 0 Å². The van der Waals surface area contributed by atoms with Crippen molar-refractivity contribution in [2.45, 2.75) is 39.7 Å². The Morgan fingerprint density at radius 2 is 2.07 bits per heavy atom. The normalized spacial score (nSPS) is 11.0. The Morgan fingerprint density at radius 1 is 1.43 bits per heavy atom. The summed E-state index contributed by atoms with van der Waals surface area (Å²) < 4.78 is 4.82. The van der Waals surface area contributed by atoms with Gasteiger partial charge in [-0.3, -0.25) is 4.79 Å². The van der Waals surface area contributed by atoms with E-state index in [9.17, 15) is 4.79 Å². The maximum atomic E-state index is 11.0. The average Bonchev–Trinajstić information content (AvgIpc) is 2.12. The minimum atomic E-state index is -0.132. The van der Waals surface area contributed by atoms with Gasteiger partial charge in [-0.15, -0.1) is 0 Å². The number of esters is 1. The van der Waals surface area contributed by atoms with Crippen LogP contribution in [0.3, 0.4) is 0 Å². The number of carbonyl (C=O) groups is 1. The summed E-state index contributed by atoms with van der Waals surface area (Å²) in [6, 6.07) is 0.335. The predicted octanol–water partition coefficient (Wildman–Crippen LogP) is 1.60. The monoisotopic (exact) mass is 203 g/mol. The van der Waals surface area contributed by atoms with Gasteiger partial charge in [-0.1, -0.05) is 0 Å². The maximum absolute atomic E-state index is 11.0. The molecular weight excluding hydrogens is 182 g/mol. The van der Waals surface area contributed by atoms with Crippen LogP contribution in [0.5, 0.6) is 0 Å². The van der Waals surface area contributed by atoms with Crippen LogP contribution in [0.2, 0.25) is 0 Å². The number of carbonyl (C=O) groups excluding carboxylic acids is 1. The lowest BCUT2D eigenvalue weighted by Gasteiger charge is -2.23. The molecule has 0 rings (SSSR count). The van der Waals surface area contributed by atoms with E-state index in [-0.39, 0.29) is 5.97 Å². The molecule has 84 valence electrons. The molecule has 4 heteroatoms. The van der Waals surface area contributed by atoms with Gasteiger partial charge in [-0.05, 0) is 27.2 Å². The molecule has 0 aromatic rings. The van der Waals surface area contributed by atoms with Crippen molar-refractivity contribution in [1.82, 2.24) is 5.06 Å². The van der Waals surface area contributed by atoms with Crippen molar-refractivity contribution in [3.8, 4) is 0 Å². The van der Waals surface area contributed by atoms with E-state index < -0.39 is 0 Å². The third-order valence-electron chi connectivity index (χ3n) is 1.88. The number of hydroxylamine groups is 2. The van der Waals surface area contributed by atoms with Gasteiger partial charge in [0.2, 0.25) is 0 Å². The van der Waals surface area contributed by atoms with Gasteiger partial charge in [0.25, 0.3) is 0 Å². The van der Waals surface area contributed by atoms with Crippen LogP contribution in [0.25, 0.3) is 0 Å². The Bertz CT molecular complexity index is 159. The largest absolute Gasteiger partial charge is 0.466 e. The zero-order valence-electron chi connectivity index (χ0n) is 9.58. The van der Waals surface area contributed by atoms with Crippen LogP contribution in [0.15, 0.2) is 0 Å². The third kappa shape index (κ3) is 5.94. The Labute approximate surface area is 86.1 Å². The van der Waals surface area contributed by atoms with Gasteiger partial charge in [0.05, 0.1) is 13.7 Å². The molecule has 0 aliphatic heterocycles. The van der Waals surface area contributed by atoms with E-state index in [0.29, 0.717) is 19.1 Å². The van der Waals surface area contributed by atoms with Crippen molar-refractivity contribution >= 4 is 5.97 Å². The van der Waals surface area contributed by atoms with Crippen LogP contribution in [0, 0.1) is 0 Å². The first-order valence-corrected chi connectivity index (χ1v) is 5.08. The third-order valence-corrected chi connectivity index (χ3v) is 1.88. The fourth-order valence-electron chi connectivity index (χ4n) is 1.17. The summed E-state index contributed by atoms with van der Waals surface area (Å²) in [7, 11) is 1.64. The highest BCUT2D eigenvalue weighted by Gasteiger charge is 2.09. The standard InChI is InChI=1S/C10H21NO3/c1-5-14-10(12)7-6-8-11(13-4)9(2)3/h9H,5-8H2,1-4H3. The van der Waals surface area contributed by atoms with Gasteiger partial charge in [0.1, 0.15) is 0 Å². The highest BCUT2D eigenvalue weighted by atomic mass is 16.7. The summed E-state index contributed by atoms with van der Waals surface area (Å²) in [4.78, 5) is 16.1. The molecule has 0 fully saturated rings. The minimum absolute atomic E-state index is 0.132. The van der Waals surface area contributed by atoms with Gasteiger partial charge in [-0.2, -0.15) is 5.06 Å². The van der Waals surface area contributed by atoms with Gasteiger partial charge < -0.3 is 9.57 Å². The molecule has 0 bridgehead atoms. The lowest BCUT2D eigenvalue weighted by Crippen LogP contribution is -2.31. The lowest BCUT2D eigenvalue weighted by atomic mass is 10.3. The van der Waals surface area contributed by atoms with Crippen LogP contribution >= 0.6 is 0 Å². The number of hydrogen-bond donors (Lipinski definition) is 0. The summed E-state index contributed by atoms with van der Waals surface area (Å²) >= 11 is 0. The van der Waals surface area contributed by atoms with Crippen LogP contribution in [-0.2, 0) is 14.4 Å². The summed E-state index contributed by atoms with van der Waals surface area (Å²) in [5.74, 6) is -0.132. The molecule has 0 aliphatic carbocycles. The zero-order valence-corrected chi connectivity index (χ0v) is 9.58. The molecule has 0 spiro atoms. The van der Waals surface area contributed by atoms with Crippen molar-refractivity contribution in [2.75, 3.05) is 20.3 Å². The molecule has 0 amide bonds. The van der Waals surface area contributed by atoms with E-state index in [1.807, 2.05) is 25.8 Å². The van der Waals surface area contributed by atoms with E-state index in [1.165, 1.54) is 0 Å². The SMILES string of the molecule is CCOC(=O)CCCN(OC)C(C)C. The Morgan fingerprint density at radius 3 is 2.50 bits per heavy atom. The van der Waals surface area contributed by atoms with E-state index in [0.717, 1.165) is 13.0 Å². The van der Waals surface area contributed by atoms with E-state index >= 15 is 0 Å². The molecule has 0 aliphatic rings. The summed E-state index contributed by atoms with van der Waals surface area (Å²) in [5.41, 5.74) is 0. The molecule has 4 nitrogen and oxygen atoms in total. The molecular formula is C10H21NO3. The van der Waals surface area contributed by atoms with Gasteiger partial charge in [0, 0.05) is 19.0 Å². The molecule has 0 saturated carbocycles. The second kappa shape index (κ2) is 7.76. The predicted molar refractivity (Wildman–Crippen MR) is 54.7 cm³/mol. The van der Waals surface area contributed by atoms with Gasteiger partial charge >= 0.3 is 5.97 Å². The van der Waals surface area contributed by atoms with E-state index in [2.05, 4.69) is 0 Å². The molecule has 0 heterocycles. The second-order valence-electron chi connectivity index (χ2n) is 3.33. The number of ether oxygens (including phenoxy) is 1. The highest BCUT2D eigenvalue weighted by Crippen LogP contribution is 2.02. The summed E-state index contributed by atoms with van der Waals surface area (Å²) in [6.07, 6.45) is 1.23. The van der Waals surface area contributed by atoms with Crippen LogP contribution < -0.4 is 0 Å². The maximum Gasteiger partial charge on any atom is 0.305 e. The lowest BCUT2D eigenvalue weighted by molar-refractivity contribution is -0.157. The minimum Gasteiger partial charge on any atom is -0.466 e. The van der Waals surface area contributed by atoms with E-state index in [1.54, 1.807) is 7.11 Å². The number of nitrogens with zero attached hydrogens (tertiary/aromatic N) is 1. The Balaban J connectivity index is 3.56. The van der Waals surface area contributed by atoms with Crippen molar-refractivity contribution < 1.29 is 14.4 Å². The first-order chi connectivity index (χ1) is 6.61. The average molecular weight is 203 g/mol. The smallest absolute Gasteiger partial charge is 0.305 e. The van der Waals surface area contributed by atoms with Gasteiger partial charge in [0.15, 0.2) is 0 Å². The van der Waals surface area contributed by atoms with Crippen LogP contribution in [0.1, 0.15) is 33.6 Å². The molecule has 0 radical (unpaired) electrons. The number of rotatable bonds is 7. The molecule has 0 saturated heterocycles. The number of hydrogen-bond acceptors (Lipinski definition) is 4. The zero-order chi connectivity index (χ0) is 11.0. The molecule has 0 atom stereocenters. The highest BCUT2D eigenvalue weighted by molar-refractivity contribution is 5.69. The quantitative estimate of drug-likeness (QED) is 0.465. The van der Waals surface area contributed by atoms with Crippen molar-refractivity contribution in [1.29, 1.82) is 0 Å². The van der Waals surface area contributed by atoms with Crippen LogP contribution in [0.4, 0.5) is 0 Å². The van der Waals surface area contributed by atoms with Crippen molar-refractivity contribution in [2.24, 2.45) is 0 Å². The summed E-state index contributed by atoms with van der Waals surface area (Å²) in [5, 5.41) is 1.85. The Kier molecular flexibility index (Phi) is 7.42. The molecule has 0 aromatic carbocycles. The first-order valence-electron chi connectivity index (χ1n) is 5.08. The van der Waals surface area contributed by atoms with Crippen molar-refractivity contribution in [3.63, 3.8) is 0 Å². The molecule has 0 N–H and O–H groups in total. The molecule has 0 unspecified atom stereocenters. The topological polar surface area (TPSA) is 38.8 Å².